The van der Waals surface area contributed by atoms with Crippen molar-refractivity contribution in [3.63, 3.8) is 0 Å². The Morgan fingerprint density at radius 1 is 1.12 bits per heavy atom. The minimum atomic E-state index is -0.451. The van der Waals surface area contributed by atoms with E-state index >= 15 is 0 Å². The third kappa shape index (κ3) is 4.39. The van der Waals surface area contributed by atoms with Gasteiger partial charge in [0.05, 0.1) is 11.6 Å². The Bertz CT molecular complexity index is 795. The molecule has 0 saturated carbocycles. The van der Waals surface area contributed by atoms with Gasteiger partial charge in [-0.2, -0.15) is 0 Å². The normalized spacial score (nSPS) is 16.8. The summed E-state index contributed by atoms with van der Waals surface area (Å²) in [4.78, 5) is 26.5. The summed E-state index contributed by atoms with van der Waals surface area (Å²) in [5, 5.41) is 5.48. The van der Waals surface area contributed by atoms with Gasteiger partial charge in [-0.15, -0.1) is 0 Å². The number of rotatable bonds is 3. The van der Waals surface area contributed by atoms with E-state index < -0.39 is 5.82 Å². The molecule has 0 radical (unpaired) electrons. The lowest BCUT2D eigenvalue weighted by Crippen LogP contribution is -2.45. The second-order valence-electron chi connectivity index (χ2n) is 6.55. The summed E-state index contributed by atoms with van der Waals surface area (Å²) in [6.07, 6.45) is 1.41. The molecule has 136 valence electrons. The summed E-state index contributed by atoms with van der Waals surface area (Å²) in [6, 6.07) is 13.7. The zero-order chi connectivity index (χ0) is 18.5. The van der Waals surface area contributed by atoms with Crippen LogP contribution in [0, 0.1) is 18.7 Å². The Morgan fingerprint density at radius 3 is 2.62 bits per heavy atom. The Kier molecular flexibility index (Phi) is 5.51. The summed E-state index contributed by atoms with van der Waals surface area (Å²) >= 11 is 0. The number of benzene rings is 2. The molecule has 1 aliphatic rings. The molecule has 2 N–H and O–H groups in total. The maximum atomic E-state index is 13.9. The number of nitrogens with zero attached hydrogens (tertiary/aromatic N) is 1. The van der Waals surface area contributed by atoms with Gasteiger partial charge in [0.25, 0.3) is 0 Å². The molecule has 2 aromatic rings. The van der Waals surface area contributed by atoms with Gasteiger partial charge in [-0.25, -0.2) is 9.18 Å². The van der Waals surface area contributed by atoms with Crippen LogP contribution in [0.3, 0.4) is 0 Å². The Morgan fingerprint density at radius 2 is 1.88 bits per heavy atom. The molecule has 5 nitrogen and oxygen atoms in total. The number of nitrogens with one attached hydrogen (secondary N) is 2. The number of para-hydroxylation sites is 1. The van der Waals surface area contributed by atoms with Crippen molar-refractivity contribution in [2.24, 2.45) is 5.92 Å². The summed E-state index contributed by atoms with van der Waals surface area (Å²) in [5.74, 6) is -1.07. The number of halogens is 1. The van der Waals surface area contributed by atoms with E-state index in [0.717, 1.165) is 12.0 Å². The summed E-state index contributed by atoms with van der Waals surface area (Å²) in [6.45, 7) is 2.71. The van der Waals surface area contributed by atoms with Crippen molar-refractivity contribution < 1.29 is 14.0 Å². The number of hydrogen-bond donors (Lipinski definition) is 2. The standard InChI is InChI=1S/C20H22FN3O2/c1-14-9-10-18(17(21)12-14)23-19(25)15-6-5-11-24(13-15)20(26)22-16-7-3-2-4-8-16/h2-4,7-10,12,15H,5-6,11,13H2,1H3,(H,22,26)(H,23,25). The molecule has 1 saturated heterocycles. The first-order chi connectivity index (χ1) is 12.5. The minimum absolute atomic E-state index is 0.173. The molecule has 1 heterocycles. The van der Waals surface area contributed by atoms with E-state index in [1.54, 1.807) is 24.0 Å². The third-order valence-electron chi connectivity index (χ3n) is 4.49. The van der Waals surface area contributed by atoms with Gasteiger partial charge < -0.3 is 15.5 Å². The highest BCUT2D eigenvalue weighted by Gasteiger charge is 2.29. The highest BCUT2D eigenvalue weighted by atomic mass is 19.1. The molecule has 3 amide bonds. The lowest BCUT2D eigenvalue weighted by Gasteiger charge is -2.32. The number of carbonyl (C=O) groups is 2. The Labute approximate surface area is 152 Å². The van der Waals surface area contributed by atoms with Gasteiger partial charge in [-0.1, -0.05) is 24.3 Å². The fraction of sp³-hybridized carbons (Fsp3) is 0.300. The van der Waals surface area contributed by atoms with E-state index in [0.29, 0.717) is 25.2 Å². The van der Waals surface area contributed by atoms with Crippen LogP contribution in [0.15, 0.2) is 48.5 Å². The average molecular weight is 355 g/mol. The predicted octanol–water partition coefficient (Wildman–Crippen LogP) is 4.02. The SMILES string of the molecule is Cc1ccc(NC(=O)C2CCCN(C(=O)Nc3ccccc3)C2)c(F)c1. The van der Waals surface area contributed by atoms with Gasteiger partial charge in [0.1, 0.15) is 5.82 Å². The first kappa shape index (κ1) is 17.9. The molecule has 1 fully saturated rings. The quantitative estimate of drug-likeness (QED) is 0.874. The van der Waals surface area contributed by atoms with Crippen LogP contribution in [0.25, 0.3) is 0 Å². The molecule has 1 aliphatic heterocycles. The molecule has 1 unspecified atom stereocenters. The molecule has 0 aromatic heterocycles. The maximum absolute atomic E-state index is 13.9. The number of piperidine rings is 1. The predicted molar refractivity (Wildman–Crippen MR) is 99.5 cm³/mol. The van der Waals surface area contributed by atoms with Crippen LogP contribution >= 0.6 is 0 Å². The second-order valence-corrected chi connectivity index (χ2v) is 6.55. The Hall–Kier alpha value is -2.89. The van der Waals surface area contributed by atoms with E-state index in [1.807, 2.05) is 30.3 Å². The molecule has 1 atom stereocenters. The van der Waals surface area contributed by atoms with Crippen molar-refractivity contribution in [1.82, 2.24) is 4.90 Å². The highest BCUT2D eigenvalue weighted by molar-refractivity contribution is 5.94. The first-order valence-electron chi connectivity index (χ1n) is 8.71. The molecule has 3 rings (SSSR count). The monoisotopic (exact) mass is 355 g/mol. The number of aryl methyl sites for hydroxylation is 1. The topological polar surface area (TPSA) is 61.4 Å². The molecular weight excluding hydrogens is 333 g/mol. The number of carbonyl (C=O) groups excluding carboxylic acids is 2. The third-order valence-corrected chi connectivity index (χ3v) is 4.49. The lowest BCUT2D eigenvalue weighted by molar-refractivity contribution is -0.121. The largest absolute Gasteiger partial charge is 0.324 e. The van der Waals surface area contributed by atoms with Gasteiger partial charge in [0.15, 0.2) is 0 Å². The second kappa shape index (κ2) is 7.99. The van der Waals surface area contributed by atoms with Crippen LogP contribution in [0.1, 0.15) is 18.4 Å². The molecule has 0 aliphatic carbocycles. The molecule has 26 heavy (non-hydrogen) atoms. The fourth-order valence-corrected chi connectivity index (χ4v) is 3.06. The summed E-state index contributed by atoms with van der Waals surface area (Å²) in [5.41, 5.74) is 1.68. The van der Waals surface area contributed by atoms with Crippen LogP contribution in [0.5, 0.6) is 0 Å². The number of hydrogen-bond acceptors (Lipinski definition) is 2. The molecule has 6 heteroatoms. The number of amides is 3. The number of anilines is 2. The summed E-state index contributed by atoms with van der Waals surface area (Å²) < 4.78 is 13.9. The number of urea groups is 1. The number of likely N-dealkylation sites (tertiary alicyclic amines) is 1. The van der Waals surface area contributed by atoms with Crippen molar-refractivity contribution in [3.8, 4) is 0 Å². The minimum Gasteiger partial charge on any atom is -0.324 e. The smallest absolute Gasteiger partial charge is 0.321 e. The van der Waals surface area contributed by atoms with Gasteiger partial charge in [0.2, 0.25) is 5.91 Å². The molecule has 2 aromatic carbocycles. The van der Waals surface area contributed by atoms with Crippen molar-refractivity contribution in [2.45, 2.75) is 19.8 Å². The van der Waals surface area contributed by atoms with E-state index in [1.165, 1.54) is 6.07 Å². The molecule has 0 spiro atoms. The van der Waals surface area contributed by atoms with Crippen molar-refractivity contribution in [1.29, 1.82) is 0 Å². The molecule has 0 bridgehead atoms. The maximum Gasteiger partial charge on any atom is 0.321 e. The van der Waals surface area contributed by atoms with Crippen molar-refractivity contribution >= 4 is 23.3 Å². The van der Waals surface area contributed by atoms with Crippen molar-refractivity contribution in [3.05, 3.63) is 59.9 Å². The van der Waals surface area contributed by atoms with Gasteiger partial charge >= 0.3 is 6.03 Å². The van der Waals surface area contributed by atoms with Gasteiger partial charge in [-0.05, 0) is 49.6 Å². The molecular formula is C20H22FN3O2. The van der Waals surface area contributed by atoms with E-state index in [2.05, 4.69) is 10.6 Å². The van der Waals surface area contributed by atoms with E-state index in [4.69, 9.17) is 0 Å². The summed E-state index contributed by atoms with van der Waals surface area (Å²) in [7, 11) is 0. The van der Waals surface area contributed by atoms with Crippen LogP contribution in [-0.2, 0) is 4.79 Å². The van der Waals surface area contributed by atoms with Crippen molar-refractivity contribution in [2.75, 3.05) is 23.7 Å². The highest BCUT2D eigenvalue weighted by Crippen LogP contribution is 2.21. The lowest BCUT2D eigenvalue weighted by atomic mass is 9.97. The van der Waals surface area contributed by atoms with Crippen LogP contribution < -0.4 is 10.6 Å². The average Bonchev–Trinajstić information content (AvgIpc) is 2.65. The van der Waals surface area contributed by atoms with E-state index in [9.17, 15) is 14.0 Å². The van der Waals surface area contributed by atoms with Gasteiger partial charge in [-0.3, -0.25) is 4.79 Å². The first-order valence-corrected chi connectivity index (χ1v) is 8.71. The van der Waals surface area contributed by atoms with Crippen LogP contribution in [-0.4, -0.2) is 29.9 Å². The zero-order valence-electron chi connectivity index (χ0n) is 14.7. The Balaban J connectivity index is 1.60. The zero-order valence-corrected chi connectivity index (χ0v) is 14.7. The van der Waals surface area contributed by atoms with Gasteiger partial charge in [0, 0.05) is 18.8 Å². The van der Waals surface area contributed by atoms with Crippen LogP contribution in [0.4, 0.5) is 20.6 Å². The fourth-order valence-electron chi connectivity index (χ4n) is 3.06. The van der Waals surface area contributed by atoms with E-state index in [-0.39, 0.29) is 23.5 Å². The van der Waals surface area contributed by atoms with Crippen LogP contribution in [0.2, 0.25) is 0 Å².